The van der Waals surface area contributed by atoms with Crippen molar-refractivity contribution in [3.63, 3.8) is 0 Å². The molecule has 0 atom stereocenters. The summed E-state index contributed by atoms with van der Waals surface area (Å²) in [4.78, 5) is 11.1. The zero-order chi connectivity index (χ0) is 17.1. The molecule has 1 amide bonds. The number of hydrogen-bond acceptors (Lipinski definition) is 5. The molecule has 0 aromatic carbocycles. The predicted octanol–water partition coefficient (Wildman–Crippen LogP) is 2.01. The molecule has 0 bridgehead atoms. The first-order valence-corrected chi connectivity index (χ1v) is 6.77. The summed E-state index contributed by atoms with van der Waals surface area (Å²) in [6.45, 7) is 0.872. The van der Waals surface area contributed by atoms with Gasteiger partial charge in [0.1, 0.15) is 12.2 Å². The van der Waals surface area contributed by atoms with E-state index >= 15 is 0 Å². The van der Waals surface area contributed by atoms with E-state index in [1.165, 1.54) is 20.8 Å². The van der Waals surface area contributed by atoms with Crippen molar-refractivity contribution in [3.05, 3.63) is 0 Å². The number of rotatable bonds is 5. The Labute approximate surface area is 117 Å². The monoisotopic (exact) mass is 343 g/mol. The van der Waals surface area contributed by atoms with Crippen LogP contribution in [0, 0.1) is 0 Å². The highest BCUT2D eigenvalue weighted by Crippen LogP contribution is 2.26. The van der Waals surface area contributed by atoms with Crippen molar-refractivity contribution in [3.8, 4) is 0 Å². The van der Waals surface area contributed by atoms with Gasteiger partial charge in [-0.2, -0.15) is 21.6 Å². The molecular formula is C9H14F5NO5S. The molecule has 0 spiro atoms. The van der Waals surface area contributed by atoms with Crippen LogP contribution in [0.25, 0.3) is 0 Å². The fraction of sp³-hybridized carbons (Fsp3) is 0.889. The van der Waals surface area contributed by atoms with Crippen molar-refractivity contribution in [1.82, 2.24) is 5.32 Å². The zero-order valence-electron chi connectivity index (χ0n) is 11.3. The first-order chi connectivity index (χ1) is 9.06. The zero-order valence-corrected chi connectivity index (χ0v) is 12.1. The summed E-state index contributed by atoms with van der Waals surface area (Å²) < 4.78 is 90.5. The number of carbonyl (C=O) groups excluding carboxylic acids is 1. The van der Waals surface area contributed by atoms with Gasteiger partial charge in [0.15, 0.2) is 0 Å². The Kier molecular flexibility index (Phi) is 5.95. The van der Waals surface area contributed by atoms with Crippen LogP contribution < -0.4 is 5.32 Å². The minimum absolute atomic E-state index is 0.963. The average molecular weight is 343 g/mol. The molecule has 0 aliphatic carbocycles. The number of halogens is 5. The molecule has 0 fully saturated rings. The van der Waals surface area contributed by atoms with Crippen molar-refractivity contribution in [2.45, 2.75) is 37.8 Å². The summed E-state index contributed by atoms with van der Waals surface area (Å²) in [6, 6.07) is 0. The second-order valence-corrected chi connectivity index (χ2v) is 6.48. The highest BCUT2D eigenvalue weighted by Gasteiger charge is 2.49. The lowest BCUT2D eigenvalue weighted by Gasteiger charge is -2.21. The van der Waals surface area contributed by atoms with Crippen LogP contribution in [-0.2, 0) is 19.0 Å². The van der Waals surface area contributed by atoms with E-state index in [0.717, 1.165) is 0 Å². The fourth-order valence-electron chi connectivity index (χ4n) is 0.797. The van der Waals surface area contributed by atoms with Gasteiger partial charge >= 0.3 is 21.7 Å². The van der Waals surface area contributed by atoms with E-state index in [9.17, 15) is 35.2 Å². The summed E-state index contributed by atoms with van der Waals surface area (Å²) in [5.74, 6) is -4.03. The second kappa shape index (κ2) is 6.30. The highest BCUT2D eigenvalue weighted by atomic mass is 32.2. The molecule has 0 radical (unpaired) electrons. The molecule has 0 unspecified atom stereocenters. The van der Waals surface area contributed by atoms with Crippen molar-refractivity contribution in [2.75, 3.05) is 13.2 Å². The van der Waals surface area contributed by atoms with E-state index in [0.29, 0.717) is 0 Å². The van der Waals surface area contributed by atoms with Crippen molar-refractivity contribution >= 4 is 16.2 Å². The van der Waals surface area contributed by atoms with Gasteiger partial charge in [0.2, 0.25) is 0 Å². The number of hydrogen-bond donors (Lipinski definition) is 1. The lowest BCUT2D eigenvalue weighted by atomic mass is 10.2. The summed E-state index contributed by atoms with van der Waals surface area (Å²) in [5, 5.41) is 1.59. The number of amides is 1. The van der Waals surface area contributed by atoms with Gasteiger partial charge in [-0.25, -0.2) is 13.6 Å². The highest BCUT2D eigenvalue weighted by molar-refractivity contribution is 7.87. The Bertz CT molecular complexity index is 468. The summed E-state index contributed by atoms with van der Waals surface area (Å²) >= 11 is 0. The SMILES string of the molecule is CC(C)(C)OC(=O)NCC(F)(F)COS(=O)(=O)C(F)(F)F. The van der Waals surface area contributed by atoms with Gasteiger partial charge in [-0.3, -0.25) is 4.18 Å². The molecule has 126 valence electrons. The standard InChI is InChI=1S/C9H14F5NO5S/c1-7(2,3)20-6(16)15-4-8(10,11)5-19-21(17,18)9(12,13)14/h4-5H2,1-3H3,(H,15,16). The maximum absolute atomic E-state index is 13.1. The average Bonchev–Trinajstić information content (AvgIpc) is 2.20. The fourth-order valence-corrected chi connectivity index (χ4v) is 1.26. The molecule has 0 aliphatic rings. The molecule has 0 aromatic rings. The van der Waals surface area contributed by atoms with Gasteiger partial charge in [-0.1, -0.05) is 0 Å². The number of carbonyl (C=O) groups is 1. The normalized spacial score (nSPS) is 13.9. The van der Waals surface area contributed by atoms with E-state index in [1.54, 1.807) is 5.32 Å². The van der Waals surface area contributed by atoms with Crippen LogP contribution >= 0.6 is 0 Å². The number of alkyl carbamates (subject to hydrolysis) is 1. The first kappa shape index (κ1) is 19.8. The topological polar surface area (TPSA) is 81.7 Å². The predicted molar refractivity (Wildman–Crippen MR) is 60.1 cm³/mol. The first-order valence-electron chi connectivity index (χ1n) is 5.36. The summed E-state index contributed by atoms with van der Waals surface area (Å²) in [5.41, 5.74) is -6.77. The molecule has 1 N–H and O–H groups in total. The summed E-state index contributed by atoms with van der Waals surface area (Å²) in [6.07, 6.45) is -1.24. The van der Waals surface area contributed by atoms with Crippen molar-refractivity contribution < 1.29 is 44.1 Å². The third-order valence-electron chi connectivity index (χ3n) is 1.60. The molecule has 0 saturated carbocycles. The van der Waals surface area contributed by atoms with Crippen molar-refractivity contribution in [2.24, 2.45) is 0 Å². The Hall–Kier alpha value is -1.17. The smallest absolute Gasteiger partial charge is 0.444 e. The third kappa shape index (κ3) is 7.99. The van der Waals surface area contributed by atoms with E-state index in [-0.39, 0.29) is 0 Å². The minimum Gasteiger partial charge on any atom is -0.444 e. The molecule has 0 heterocycles. The molecule has 6 nitrogen and oxygen atoms in total. The van der Waals surface area contributed by atoms with Crippen LogP contribution in [0.15, 0.2) is 0 Å². The van der Waals surface area contributed by atoms with Crippen LogP contribution in [-0.4, -0.2) is 44.7 Å². The largest absolute Gasteiger partial charge is 0.523 e. The number of ether oxygens (including phenoxy) is 1. The Morgan fingerprint density at radius 3 is 1.95 bits per heavy atom. The van der Waals surface area contributed by atoms with E-state index < -0.39 is 46.4 Å². The molecule has 0 aliphatic heterocycles. The van der Waals surface area contributed by atoms with Gasteiger partial charge < -0.3 is 10.1 Å². The third-order valence-corrected chi connectivity index (χ3v) is 2.59. The van der Waals surface area contributed by atoms with Gasteiger partial charge in [0.25, 0.3) is 5.92 Å². The lowest BCUT2D eigenvalue weighted by Crippen LogP contribution is -2.43. The van der Waals surface area contributed by atoms with Gasteiger partial charge in [0.05, 0.1) is 6.54 Å². The number of alkyl halides is 5. The van der Waals surface area contributed by atoms with Crippen LogP contribution in [0.3, 0.4) is 0 Å². The molecule has 0 saturated heterocycles. The van der Waals surface area contributed by atoms with Gasteiger partial charge in [-0.05, 0) is 20.8 Å². The van der Waals surface area contributed by atoms with E-state index in [2.05, 4.69) is 8.92 Å². The van der Waals surface area contributed by atoms with E-state index in [1.807, 2.05) is 0 Å². The van der Waals surface area contributed by atoms with Crippen molar-refractivity contribution in [1.29, 1.82) is 0 Å². The molecular weight excluding hydrogens is 329 g/mol. The quantitative estimate of drug-likeness (QED) is 0.469. The minimum atomic E-state index is -6.12. The Balaban J connectivity index is 4.44. The molecule has 12 heteroatoms. The Morgan fingerprint density at radius 2 is 1.57 bits per heavy atom. The Morgan fingerprint density at radius 1 is 1.10 bits per heavy atom. The van der Waals surface area contributed by atoms with E-state index in [4.69, 9.17) is 0 Å². The van der Waals surface area contributed by atoms with Crippen LogP contribution in [0.5, 0.6) is 0 Å². The maximum Gasteiger partial charge on any atom is 0.523 e. The lowest BCUT2D eigenvalue weighted by molar-refractivity contribution is -0.0715. The van der Waals surface area contributed by atoms with Crippen LogP contribution in [0.4, 0.5) is 26.7 Å². The molecule has 21 heavy (non-hydrogen) atoms. The number of nitrogens with one attached hydrogen (secondary N) is 1. The second-order valence-electron chi connectivity index (χ2n) is 4.87. The summed E-state index contributed by atoms with van der Waals surface area (Å²) in [7, 11) is -6.12. The van der Waals surface area contributed by atoms with Crippen LogP contribution in [0.1, 0.15) is 20.8 Å². The van der Waals surface area contributed by atoms with Gasteiger partial charge in [0, 0.05) is 0 Å². The van der Waals surface area contributed by atoms with Gasteiger partial charge in [-0.15, -0.1) is 0 Å². The van der Waals surface area contributed by atoms with Crippen LogP contribution in [0.2, 0.25) is 0 Å². The molecule has 0 rings (SSSR count). The molecule has 0 aromatic heterocycles. The maximum atomic E-state index is 13.1.